The first-order chi connectivity index (χ1) is 28.6. The van der Waals surface area contributed by atoms with Gasteiger partial charge >= 0.3 is 0 Å². The Morgan fingerprint density at radius 3 is 2.44 bits per heavy atom. The Bertz CT molecular complexity index is 2820. The third-order valence-electron chi connectivity index (χ3n) is 11.0. The van der Waals surface area contributed by atoms with E-state index in [-0.39, 0.29) is 52.6 Å². The molecule has 2 aliphatic rings. The molecule has 0 unspecified atom stereocenters. The van der Waals surface area contributed by atoms with Crippen LogP contribution in [-0.2, 0) is 52.2 Å². The summed E-state index contributed by atoms with van der Waals surface area (Å²) in [6.45, 7) is 6.37. The molecule has 3 atom stereocenters. The van der Waals surface area contributed by atoms with Crippen molar-refractivity contribution in [1.82, 2.24) is 34.4 Å². The molecule has 4 heterocycles. The van der Waals surface area contributed by atoms with Crippen LogP contribution < -0.4 is 10.0 Å². The fraction of sp³-hybridized carbons (Fsp3) is 0.400. The summed E-state index contributed by atoms with van der Waals surface area (Å²) in [5, 5.41) is 12.0. The molecule has 2 N–H and O–H groups in total. The highest BCUT2D eigenvalue weighted by molar-refractivity contribution is 7.92. The van der Waals surface area contributed by atoms with Crippen LogP contribution in [0, 0.1) is 17.6 Å². The van der Waals surface area contributed by atoms with Crippen LogP contribution in [0.3, 0.4) is 0 Å². The zero-order valence-corrected chi connectivity index (χ0v) is 36.1. The number of rotatable bonds is 15. The number of carbonyl (C=O) groups excluding carboxylic acids is 1. The molecule has 4 aromatic heterocycles. The third-order valence-corrected chi connectivity index (χ3v) is 13.6. The maximum Gasteiger partial charge on any atom is 0.293 e. The fourth-order valence-corrected chi connectivity index (χ4v) is 9.72. The van der Waals surface area contributed by atoms with E-state index in [0.29, 0.717) is 45.0 Å². The predicted molar refractivity (Wildman–Crippen MR) is 220 cm³/mol. The smallest absolute Gasteiger partial charge is 0.293 e. The van der Waals surface area contributed by atoms with E-state index in [9.17, 15) is 30.8 Å². The van der Waals surface area contributed by atoms with Crippen LogP contribution in [0.1, 0.15) is 53.0 Å². The van der Waals surface area contributed by atoms with Gasteiger partial charge in [-0.3, -0.25) is 18.9 Å². The number of anilines is 1. The molecule has 324 valence electrons. The number of amides is 1. The zero-order valence-electron chi connectivity index (χ0n) is 33.5. The predicted octanol–water partition coefficient (Wildman–Crippen LogP) is 8.65. The Hall–Kier alpha value is -4.92. The summed E-state index contributed by atoms with van der Waals surface area (Å²) in [6, 6.07) is 9.19. The van der Waals surface area contributed by atoms with E-state index in [0.717, 1.165) is 24.4 Å². The molecule has 0 aliphatic heterocycles. The van der Waals surface area contributed by atoms with Crippen molar-refractivity contribution in [1.29, 1.82) is 0 Å². The van der Waals surface area contributed by atoms with E-state index in [2.05, 4.69) is 39.9 Å². The minimum Gasteiger partial charge on any atom is -0.361 e. The van der Waals surface area contributed by atoms with Crippen molar-refractivity contribution in [3.63, 3.8) is 0 Å². The summed E-state index contributed by atoms with van der Waals surface area (Å²) >= 11 is 6.67. The number of nitrogens with one attached hydrogen (secondary N) is 2. The molecule has 12 nitrogen and oxygen atoms in total. The van der Waals surface area contributed by atoms with Gasteiger partial charge in [-0.05, 0) is 60.7 Å². The van der Waals surface area contributed by atoms with E-state index in [1.807, 2.05) is 0 Å². The van der Waals surface area contributed by atoms with Crippen LogP contribution in [0.25, 0.3) is 33.1 Å². The van der Waals surface area contributed by atoms with Gasteiger partial charge in [0.15, 0.2) is 5.82 Å². The maximum atomic E-state index is 15.5. The number of sulfonamides is 1. The second-order valence-corrected chi connectivity index (χ2v) is 24.7. The number of aryl methyl sites for hydroxylation is 1. The first-order valence-corrected chi connectivity index (χ1v) is 25.3. The van der Waals surface area contributed by atoms with Gasteiger partial charge in [0.25, 0.3) is 12.3 Å². The Morgan fingerprint density at radius 2 is 1.77 bits per heavy atom. The number of alkyl halides is 4. The number of pyridine rings is 1. The maximum absolute atomic E-state index is 15.5. The van der Waals surface area contributed by atoms with Gasteiger partial charge in [-0.15, -0.1) is 0 Å². The molecule has 2 aromatic carbocycles. The molecular formula is C40H41ClF6N8O4SSi. The number of ether oxygens (including phenoxy) is 1. The second kappa shape index (κ2) is 15.5. The minimum absolute atomic E-state index is 0.0341. The lowest BCUT2D eigenvalue weighted by molar-refractivity contribution is -0.123. The minimum atomic E-state index is -3.83. The standard InChI is InChI=1S/C40H41ClF6N8O4SSi/c1-53-35-24(6-7-28(41)32(35)38(51-53)52-60(2,57)58)25-15-21-8-9-54(19-59-10-11-61(3,4)5)39(21)49-33(25)29(14-20-12-22(42)16-23(43)13-20)48-30(56)18-55-36-31(34(50-55)37(44)45)26-17-27(26)40(36,46)47/h6-9,12-13,15-16,26-27,29,37H,10-11,14,17-19H2,1-5H3,(H,48,56)(H,51,52)/t26-,27+,29-/m0/s1. The number of fused-ring (bicyclic) bond motifs is 5. The zero-order chi connectivity index (χ0) is 43.9. The molecule has 8 rings (SSSR count). The lowest BCUT2D eigenvalue weighted by Crippen LogP contribution is -2.35. The Kier molecular flexibility index (Phi) is 10.8. The summed E-state index contributed by atoms with van der Waals surface area (Å²) in [7, 11) is -3.69. The molecule has 1 saturated carbocycles. The molecule has 0 bridgehead atoms. The normalized spacial score (nSPS) is 17.6. The summed E-state index contributed by atoms with van der Waals surface area (Å²) in [6.07, 6.45) is -0.698. The van der Waals surface area contributed by atoms with Crippen LogP contribution in [0.5, 0.6) is 0 Å². The van der Waals surface area contributed by atoms with E-state index < -0.39 is 83.8 Å². The average molecular weight is 907 g/mol. The number of carbonyl (C=O) groups is 1. The van der Waals surface area contributed by atoms with Crippen molar-refractivity contribution >= 4 is 63.4 Å². The van der Waals surface area contributed by atoms with Crippen molar-refractivity contribution in [3.05, 3.63) is 93.5 Å². The molecule has 0 spiro atoms. The highest BCUT2D eigenvalue weighted by Crippen LogP contribution is 2.68. The van der Waals surface area contributed by atoms with Gasteiger partial charge in [0.05, 0.1) is 33.9 Å². The summed E-state index contributed by atoms with van der Waals surface area (Å²) in [4.78, 5) is 19.2. The quantitative estimate of drug-likeness (QED) is 0.0598. The molecular weight excluding hydrogens is 866 g/mol. The lowest BCUT2D eigenvalue weighted by Gasteiger charge is -2.23. The molecule has 2 aliphatic carbocycles. The van der Waals surface area contributed by atoms with Crippen molar-refractivity contribution in [3.8, 4) is 11.1 Å². The van der Waals surface area contributed by atoms with E-state index in [1.54, 1.807) is 36.0 Å². The fourth-order valence-electron chi connectivity index (χ4n) is 8.23. The third kappa shape index (κ3) is 8.38. The van der Waals surface area contributed by atoms with Crippen LogP contribution in [0.2, 0.25) is 30.7 Å². The number of halogens is 7. The van der Waals surface area contributed by atoms with E-state index in [1.165, 1.54) is 10.7 Å². The molecule has 1 fully saturated rings. The van der Waals surface area contributed by atoms with Crippen LogP contribution in [0.4, 0.5) is 32.2 Å². The molecule has 61 heavy (non-hydrogen) atoms. The number of hydrogen-bond acceptors (Lipinski definition) is 7. The topological polar surface area (TPSA) is 138 Å². The van der Waals surface area contributed by atoms with Crippen molar-refractivity contribution in [2.45, 2.75) is 76.1 Å². The van der Waals surface area contributed by atoms with Gasteiger partial charge < -0.3 is 14.6 Å². The molecule has 6 aromatic rings. The highest BCUT2D eigenvalue weighted by atomic mass is 35.5. The first-order valence-electron chi connectivity index (χ1n) is 19.3. The van der Waals surface area contributed by atoms with E-state index >= 15 is 8.78 Å². The summed E-state index contributed by atoms with van der Waals surface area (Å²) in [5.74, 6) is -8.23. The Labute approximate surface area is 352 Å². The van der Waals surface area contributed by atoms with Gasteiger partial charge in [0.2, 0.25) is 15.9 Å². The largest absolute Gasteiger partial charge is 0.361 e. The Morgan fingerprint density at radius 1 is 1.05 bits per heavy atom. The second-order valence-electron chi connectivity index (χ2n) is 16.9. The van der Waals surface area contributed by atoms with Crippen LogP contribution >= 0.6 is 11.6 Å². The Balaban J connectivity index is 1.28. The van der Waals surface area contributed by atoms with Gasteiger partial charge in [-0.25, -0.2) is 31.0 Å². The number of nitrogens with zero attached hydrogens (tertiary/aromatic N) is 6. The van der Waals surface area contributed by atoms with Gasteiger partial charge in [0.1, 0.15) is 41.9 Å². The number of hydrogen-bond donors (Lipinski definition) is 2. The highest BCUT2D eigenvalue weighted by Gasteiger charge is 2.67. The van der Waals surface area contributed by atoms with Gasteiger partial charge in [0, 0.05) is 62.0 Å². The van der Waals surface area contributed by atoms with Gasteiger partial charge in [-0.2, -0.15) is 19.0 Å². The van der Waals surface area contributed by atoms with Crippen LogP contribution in [-0.4, -0.2) is 64.4 Å². The van der Waals surface area contributed by atoms with Crippen molar-refractivity contribution in [2.75, 3.05) is 17.6 Å². The van der Waals surface area contributed by atoms with E-state index in [4.69, 9.17) is 21.3 Å². The summed E-state index contributed by atoms with van der Waals surface area (Å²) in [5.41, 5.74) is -0.0130. The first kappa shape index (κ1) is 42.8. The average Bonchev–Trinajstić information content (AvgIpc) is 3.43. The molecule has 21 heteroatoms. The molecule has 0 radical (unpaired) electrons. The monoisotopic (exact) mass is 906 g/mol. The molecule has 1 amide bonds. The number of benzene rings is 2. The van der Waals surface area contributed by atoms with Gasteiger partial charge in [-0.1, -0.05) is 37.3 Å². The van der Waals surface area contributed by atoms with Crippen molar-refractivity contribution < 1.29 is 44.3 Å². The summed E-state index contributed by atoms with van der Waals surface area (Å²) < 4.78 is 126. The van der Waals surface area contributed by atoms with Crippen molar-refractivity contribution in [2.24, 2.45) is 13.0 Å². The SMILES string of the molecule is Cn1nc(NS(C)(=O)=O)c2c(Cl)ccc(-c3cc4ccn(COCC[Si](C)(C)C)c4nc3[C@H](Cc3cc(F)cc(F)c3)NC(=O)Cn3nc(C(F)F)c4c3C(F)(F)[C@@H]3C[C@H]43)c21. The lowest BCUT2D eigenvalue weighted by atomic mass is 9.93. The molecule has 0 saturated heterocycles. The number of aromatic nitrogens is 6. The van der Waals surface area contributed by atoms with Crippen LogP contribution in [0.15, 0.2) is 48.7 Å².